The smallest absolute Gasteiger partial charge is 0.222 e. The van der Waals surface area contributed by atoms with Crippen LogP contribution in [0.15, 0.2) is 4.99 Å². The zero-order valence-corrected chi connectivity index (χ0v) is 18.4. The highest BCUT2D eigenvalue weighted by Gasteiger charge is 2.31. The van der Waals surface area contributed by atoms with Gasteiger partial charge >= 0.3 is 0 Å². The number of aliphatic hydroxyl groups excluding tert-OH is 1. The van der Waals surface area contributed by atoms with Gasteiger partial charge in [-0.15, -0.1) is 24.0 Å². The molecule has 0 unspecified atom stereocenters. The lowest BCUT2D eigenvalue weighted by Gasteiger charge is -2.35. The van der Waals surface area contributed by atoms with Gasteiger partial charge in [0.2, 0.25) is 5.91 Å². The summed E-state index contributed by atoms with van der Waals surface area (Å²) in [6, 6.07) is 0. The molecule has 1 rings (SSSR count). The predicted octanol–water partition coefficient (Wildman–Crippen LogP) is 2.26. The van der Waals surface area contributed by atoms with E-state index in [0.29, 0.717) is 13.1 Å². The van der Waals surface area contributed by atoms with Crippen LogP contribution in [0.4, 0.5) is 0 Å². The van der Waals surface area contributed by atoms with Gasteiger partial charge in [-0.3, -0.25) is 9.79 Å². The minimum absolute atomic E-state index is 0. The van der Waals surface area contributed by atoms with Gasteiger partial charge in [0.25, 0.3) is 0 Å². The summed E-state index contributed by atoms with van der Waals surface area (Å²) in [5, 5.41) is 18.8. The monoisotopic (exact) mass is 468 g/mol. The van der Waals surface area contributed by atoms with Crippen molar-refractivity contribution in [2.75, 3.05) is 32.8 Å². The topological polar surface area (TPSA) is 85.8 Å². The Morgan fingerprint density at radius 1 is 1.12 bits per heavy atom. The molecule has 0 heterocycles. The lowest BCUT2D eigenvalue weighted by atomic mass is 9.72. The normalized spacial score (nSPS) is 16.9. The third-order valence-electron chi connectivity index (χ3n) is 4.71. The van der Waals surface area contributed by atoms with Gasteiger partial charge < -0.3 is 21.1 Å². The second-order valence-corrected chi connectivity index (χ2v) is 7.10. The highest BCUT2D eigenvalue weighted by molar-refractivity contribution is 14.0. The molecule has 0 radical (unpaired) electrons. The van der Waals surface area contributed by atoms with E-state index in [4.69, 9.17) is 4.99 Å². The first kappa shape index (κ1) is 24.4. The largest absolute Gasteiger partial charge is 0.396 e. The van der Waals surface area contributed by atoms with Gasteiger partial charge in [0.15, 0.2) is 5.96 Å². The average Bonchev–Trinajstić information content (AvgIpc) is 2.57. The van der Waals surface area contributed by atoms with Crippen LogP contribution in [0, 0.1) is 11.3 Å². The van der Waals surface area contributed by atoms with Gasteiger partial charge in [-0.25, -0.2) is 0 Å². The summed E-state index contributed by atoms with van der Waals surface area (Å²) in [5.41, 5.74) is 0.154. The molecule has 0 aliphatic heterocycles. The number of aliphatic hydroxyl groups is 1. The van der Waals surface area contributed by atoms with Crippen molar-refractivity contribution in [2.45, 2.75) is 59.3 Å². The first-order chi connectivity index (χ1) is 11.5. The molecule has 25 heavy (non-hydrogen) atoms. The molecule has 148 valence electrons. The molecule has 6 nitrogen and oxygen atoms in total. The fraction of sp³-hybridized carbons (Fsp3) is 0.889. The molecule has 0 aromatic carbocycles. The summed E-state index contributed by atoms with van der Waals surface area (Å²) < 4.78 is 0. The second kappa shape index (κ2) is 13.6. The molecular weight excluding hydrogens is 431 g/mol. The number of amides is 1. The van der Waals surface area contributed by atoms with E-state index in [9.17, 15) is 9.90 Å². The molecule has 1 saturated carbocycles. The van der Waals surface area contributed by atoms with Crippen molar-refractivity contribution in [1.29, 1.82) is 0 Å². The lowest BCUT2D eigenvalue weighted by molar-refractivity contribution is -0.123. The minimum Gasteiger partial charge on any atom is -0.396 e. The fourth-order valence-electron chi connectivity index (χ4n) is 3.19. The van der Waals surface area contributed by atoms with Crippen LogP contribution < -0.4 is 16.0 Å². The molecule has 1 fully saturated rings. The van der Waals surface area contributed by atoms with E-state index in [1.54, 1.807) is 0 Å². The standard InChI is InChI=1S/C18H36N4O2.HI/c1-4-19-17(21-12-11-20-16(24)15(2)3)22-14-18(10-13-23)8-6-5-7-9-18;/h15,23H,4-14H2,1-3H3,(H,20,24)(H2,19,21,22);1H. The third kappa shape index (κ3) is 9.63. The summed E-state index contributed by atoms with van der Waals surface area (Å²) in [5.74, 6) is 0.874. The molecule has 0 aromatic heterocycles. The Labute approximate surface area is 170 Å². The van der Waals surface area contributed by atoms with Crippen molar-refractivity contribution in [1.82, 2.24) is 16.0 Å². The highest BCUT2D eigenvalue weighted by Crippen LogP contribution is 2.39. The summed E-state index contributed by atoms with van der Waals surface area (Å²) >= 11 is 0. The summed E-state index contributed by atoms with van der Waals surface area (Å²) in [7, 11) is 0. The number of guanidine groups is 1. The van der Waals surface area contributed by atoms with Crippen molar-refractivity contribution in [3.8, 4) is 0 Å². The van der Waals surface area contributed by atoms with Crippen molar-refractivity contribution in [3.05, 3.63) is 0 Å². The Bertz CT molecular complexity index is 391. The van der Waals surface area contributed by atoms with E-state index >= 15 is 0 Å². The Morgan fingerprint density at radius 3 is 2.32 bits per heavy atom. The second-order valence-electron chi connectivity index (χ2n) is 7.10. The van der Waals surface area contributed by atoms with Crippen LogP contribution in [-0.2, 0) is 4.79 Å². The molecule has 1 amide bonds. The van der Waals surface area contributed by atoms with E-state index in [1.165, 1.54) is 19.3 Å². The maximum Gasteiger partial charge on any atom is 0.222 e. The van der Waals surface area contributed by atoms with Gasteiger partial charge in [-0.05, 0) is 31.6 Å². The zero-order valence-electron chi connectivity index (χ0n) is 16.1. The molecule has 0 aromatic rings. The van der Waals surface area contributed by atoms with E-state index in [-0.39, 0.29) is 47.8 Å². The van der Waals surface area contributed by atoms with Crippen molar-refractivity contribution in [2.24, 2.45) is 16.3 Å². The van der Waals surface area contributed by atoms with Crippen LogP contribution in [0.25, 0.3) is 0 Å². The van der Waals surface area contributed by atoms with Crippen LogP contribution in [0.3, 0.4) is 0 Å². The Balaban J connectivity index is 0.00000576. The number of rotatable bonds is 9. The molecule has 4 N–H and O–H groups in total. The van der Waals surface area contributed by atoms with Crippen molar-refractivity contribution in [3.63, 3.8) is 0 Å². The quantitative estimate of drug-likeness (QED) is 0.181. The first-order valence-electron chi connectivity index (χ1n) is 9.44. The Kier molecular flexibility index (Phi) is 13.3. The zero-order chi connectivity index (χ0) is 17.8. The Morgan fingerprint density at radius 2 is 1.76 bits per heavy atom. The number of hydrogen-bond acceptors (Lipinski definition) is 3. The summed E-state index contributed by atoms with van der Waals surface area (Å²) in [4.78, 5) is 16.3. The number of halogens is 1. The van der Waals surface area contributed by atoms with Gasteiger partial charge in [0.1, 0.15) is 0 Å². The van der Waals surface area contributed by atoms with Crippen LogP contribution >= 0.6 is 24.0 Å². The van der Waals surface area contributed by atoms with Gasteiger partial charge in [-0.1, -0.05) is 33.1 Å². The van der Waals surface area contributed by atoms with Gasteiger partial charge in [-0.2, -0.15) is 0 Å². The van der Waals surface area contributed by atoms with Gasteiger partial charge in [0, 0.05) is 38.7 Å². The number of nitrogens with zero attached hydrogens (tertiary/aromatic N) is 1. The molecule has 1 aliphatic carbocycles. The maximum absolute atomic E-state index is 11.6. The molecule has 0 spiro atoms. The van der Waals surface area contributed by atoms with E-state index in [1.807, 2.05) is 20.8 Å². The summed E-state index contributed by atoms with van der Waals surface area (Å²) in [6.07, 6.45) is 6.91. The molecule has 0 saturated heterocycles. The summed E-state index contributed by atoms with van der Waals surface area (Å²) in [6.45, 7) is 8.85. The van der Waals surface area contributed by atoms with E-state index in [2.05, 4.69) is 16.0 Å². The van der Waals surface area contributed by atoms with Crippen LogP contribution in [0.5, 0.6) is 0 Å². The van der Waals surface area contributed by atoms with Crippen LogP contribution in [0.2, 0.25) is 0 Å². The van der Waals surface area contributed by atoms with Crippen LogP contribution in [-0.4, -0.2) is 49.8 Å². The molecule has 0 atom stereocenters. The minimum atomic E-state index is 0. The highest BCUT2D eigenvalue weighted by atomic mass is 127. The average molecular weight is 468 g/mol. The Hall–Kier alpha value is -0.570. The first-order valence-corrected chi connectivity index (χ1v) is 9.44. The number of hydrogen-bond donors (Lipinski definition) is 4. The fourth-order valence-corrected chi connectivity index (χ4v) is 3.19. The van der Waals surface area contributed by atoms with Crippen molar-refractivity contribution < 1.29 is 9.90 Å². The van der Waals surface area contributed by atoms with Gasteiger partial charge in [0.05, 0.1) is 0 Å². The predicted molar refractivity (Wildman–Crippen MR) is 114 cm³/mol. The number of carbonyl (C=O) groups is 1. The molecule has 0 bridgehead atoms. The molecule has 7 heteroatoms. The molecule has 1 aliphatic rings. The lowest BCUT2D eigenvalue weighted by Crippen LogP contribution is -2.43. The van der Waals surface area contributed by atoms with Crippen LogP contribution in [0.1, 0.15) is 59.3 Å². The SMILES string of the molecule is CCNC(=NCC1(CCO)CCCCC1)NCCNC(=O)C(C)C.I. The van der Waals surface area contributed by atoms with E-state index in [0.717, 1.165) is 38.3 Å². The van der Waals surface area contributed by atoms with Crippen molar-refractivity contribution >= 4 is 35.8 Å². The molecular formula is C18H37IN4O2. The maximum atomic E-state index is 11.6. The van der Waals surface area contributed by atoms with E-state index < -0.39 is 0 Å². The number of aliphatic imine (C=N–C) groups is 1. The number of nitrogens with one attached hydrogen (secondary N) is 3. The third-order valence-corrected chi connectivity index (χ3v) is 4.71. The number of carbonyl (C=O) groups excluding carboxylic acids is 1.